The maximum Gasteiger partial charge on any atom is 0.200 e. The number of rotatable bonds is 6. The minimum atomic E-state index is -1.94. The van der Waals surface area contributed by atoms with E-state index in [1.165, 1.54) is 0 Å². The zero-order chi connectivity index (χ0) is 18.9. The molecular formula is C21H40O3Si. The van der Waals surface area contributed by atoms with Crippen LogP contribution in [0.15, 0.2) is 0 Å². The van der Waals surface area contributed by atoms with Gasteiger partial charge in [-0.1, -0.05) is 41.5 Å². The van der Waals surface area contributed by atoms with Gasteiger partial charge < -0.3 is 9.53 Å². The van der Waals surface area contributed by atoms with Crippen molar-refractivity contribution in [2.75, 3.05) is 0 Å². The van der Waals surface area contributed by atoms with Crippen molar-refractivity contribution in [2.45, 2.75) is 109 Å². The van der Waals surface area contributed by atoms with Crippen molar-refractivity contribution in [3.05, 3.63) is 0 Å². The summed E-state index contributed by atoms with van der Waals surface area (Å²) >= 11 is 0. The van der Waals surface area contributed by atoms with Crippen LogP contribution in [-0.4, -0.2) is 31.4 Å². The summed E-state index contributed by atoms with van der Waals surface area (Å²) in [5.41, 5.74) is 1.71. The van der Waals surface area contributed by atoms with Gasteiger partial charge in [0.25, 0.3) is 0 Å². The van der Waals surface area contributed by atoms with E-state index in [-0.39, 0.29) is 18.1 Å². The van der Waals surface area contributed by atoms with Gasteiger partial charge in [0.1, 0.15) is 5.78 Å². The number of hydrogen-bond acceptors (Lipinski definition) is 3. The van der Waals surface area contributed by atoms with Crippen LogP contribution in [0.25, 0.3) is 0 Å². The van der Waals surface area contributed by atoms with E-state index in [0.717, 1.165) is 19.3 Å². The highest BCUT2D eigenvalue weighted by molar-refractivity contribution is 6.77. The summed E-state index contributed by atoms with van der Waals surface area (Å²) < 4.78 is 7.14. The molecule has 1 unspecified atom stereocenters. The summed E-state index contributed by atoms with van der Waals surface area (Å²) in [6.07, 6.45) is 4.23. The van der Waals surface area contributed by atoms with Gasteiger partial charge >= 0.3 is 0 Å². The SMILES string of the molecule is CC(O)[C@H]1CC[C@H]2[C@H]1CC(=O)CC[C@H]2O[Si](C(C)C)(C(C)C)C(C)C. The van der Waals surface area contributed by atoms with Gasteiger partial charge in [0.2, 0.25) is 8.32 Å². The van der Waals surface area contributed by atoms with Crippen molar-refractivity contribution in [3.8, 4) is 0 Å². The van der Waals surface area contributed by atoms with Crippen LogP contribution < -0.4 is 0 Å². The quantitative estimate of drug-likeness (QED) is 0.645. The summed E-state index contributed by atoms with van der Waals surface area (Å²) in [6.45, 7) is 15.9. The number of fused-ring (bicyclic) bond motifs is 1. The first kappa shape index (κ1) is 21.1. The molecule has 2 aliphatic carbocycles. The number of ketones is 1. The Bertz CT molecular complexity index is 436. The summed E-state index contributed by atoms with van der Waals surface area (Å²) in [5, 5.41) is 10.2. The Hall–Kier alpha value is -0.193. The molecule has 1 N–H and O–H groups in total. The van der Waals surface area contributed by atoms with Crippen molar-refractivity contribution in [1.82, 2.24) is 0 Å². The zero-order valence-electron chi connectivity index (χ0n) is 17.4. The Labute approximate surface area is 156 Å². The predicted octanol–water partition coefficient (Wildman–Crippen LogP) is 5.32. The first-order valence-corrected chi connectivity index (χ1v) is 12.6. The molecule has 0 heterocycles. The highest BCUT2D eigenvalue weighted by Crippen LogP contribution is 2.50. The fourth-order valence-corrected chi connectivity index (χ4v) is 11.8. The lowest BCUT2D eigenvalue weighted by Gasteiger charge is -2.46. The molecule has 3 nitrogen and oxygen atoms in total. The molecule has 4 heteroatoms. The Morgan fingerprint density at radius 2 is 1.48 bits per heavy atom. The first-order valence-electron chi connectivity index (χ1n) is 10.5. The van der Waals surface area contributed by atoms with Crippen LogP contribution in [0.3, 0.4) is 0 Å². The first-order chi connectivity index (χ1) is 11.6. The van der Waals surface area contributed by atoms with Gasteiger partial charge in [-0.05, 0) is 60.6 Å². The molecule has 0 aromatic heterocycles. The lowest BCUT2D eigenvalue weighted by atomic mass is 9.82. The third-order valence-electron chi connectivity index (χ3n) is 7.26. The van der Waals surface area contributed by atoms with E-state index in [0.29, 0.717) is 47.1 Å². The average molecular weight is 369 g/mol. The van der Waals surface area contributed by atoms with Gasteiger partial charge in [0, 0.05) is 18.9 Å². The minimum absolute atomic E-state index is 0.207. The van der Waals surface area contributed by atoms with Crippen LogP contribution in [-0.2, 0) is 9.22 Å². The van der Waals surface area contributed by atoms with Crippen LogP contribution in [0.2, 0.25) is 16.6 Å². The monoisotopic (exact) mass is 368 g/mol. The maximum atomic E-state index is 12.4. The molecule has 0 spiro atoms. The van der Waals surface area contributed by atoms with E-state index in [9.17, 15) is 9.90 Å². The molecule has 2 rings (SSSR count). The normalized spacial score (nSPS) is 32.4. The summed E-state index contributed by atoms with van der Waals surface area (Å²) in [7, 11) is -1.94. The van der Waals surface area contributed by atoms with Gasteiger partial charge in [-0.25, -0.2) is 0 Å². The smallest absolute Gasteiger partial charge is 0.200 e. The van der Waals surface area contributed by atoms with Crippen LogP contribution in [0.4, 0.5) is 0 Å². The van der Waals surface area contributed by atoms with E-state index in [2.05, 4.69) is 41.5 Å². The maximum absolute atomic E-state index is 12.4. The third kappa shape index (κ3) is 4.06. The second kappa shape index (κ2) is 8.22. The largest absolute Gasteiger partial charge is 0.413 e. The van der Waals surface area contributed by atoms with Crippen LogP contribution >= 0.6 is 0 Å². The highest BCUT2D eigenvalue weighted by atomic mass is 28.4. The number of hydrogen-bond donors (Lipinski definition) is 1. The number of Topliss-reactive ketones (excluding diaryl/α,β-unsaturated/α-hetero) is 1. The van der Waals surface area contributed by atoms with Gasteiger partial charge in [0.15, 0.2) is 0 Å². The van der Waals surface area contributed by atoms with E-state index >= 15 is 0 Å². The molecule has 0 bridgehead atoms. The van der Waals surface area contributed by atoms with Crippen LogP contribution in [0.1, 0.15) is 80.6 Å². The minimum Gasteiger partial charge on any atom is -0.413 e. The fraction of sp³-hybridized carbons (Fsp3) is 0.952. The van der Waals surface area contributed by atoms with Gasteiger partial charge in [0.05, 0.1) is 6.10 Å². The molecule has 0 aromatic carbocycles. The Morgan fingerprint density at radius 3 is 1.96 bits per heavy atom. The number of carbonyl (C=O) groups excluding carboxylic acids is 1. The molecule has 146 valence electrons. The zero-order valence-corrected chi connectivity index (χ0v) is 18.4. The molecule has 0 radical (unpaired) electrons. The Kier molecular flexibility index (Phi) is 6.94. The molecule has 0 aromatic rings. The van der Waals surface area contributed by atoms with Crippen molar-refractivity contribution in [1.29, 1.82) is 0 Å². The molecule has 25 heavy (non-hydrogen) atoms. The summed E-state index contributed by atoms with van der Waals surface area (Å²) in [4.78, 5) is 12.4. The van der Waals surface area contributed by atoms with E-state index in [1.807, 2.05) is 6.92 Å². The summed E-state index contributed by atoms with van der Waals surface area (Å²) in [6, 6.07) is 0. The fourth-order valence-electron chi connectivity index (χ4n) is 6.19. The van der Waals surface area contributed by atoms with Crippen molar-refractivity contribution >= 4 is 14.1 Å². The van der Waals surface area contributed by atoms with Crippen molar-refractivity contribution in [2.24, 2.45) is 17.8 Å². The van der Waals surface area contributed by atoms with Gasteiger partial charge in [-0.2, -0.15) is 0 Å². The highest BCUT2D eigenvalue weighted by Gasteiger charge is 2.51. The molecule has 2 saturated carbocycles. The summed E-state index contributed by atoms with van der Waals surface area (Å²) in [5.74, 6) is 1.42. The van der Waals surface area contributed by atoms with Gasteiger partial charge in [-0.15, -0.1) is 0 Å². The van der Waals surface area contributed by atoms with E-state index in [1.54, 1.807) is 0 Å². The van der Waals surface area contributed by atoms with Crippen LogP contribution in [0, 0.1) is 17.8 Å². The number of carbonyl (C=O) groups is 1. The third-order valence-corrected chi connectivity index (χ3v) is 13.4. The molecule has 0 aliphatic heterocycles. The Morgan fingerprint density at radius 1 is 0.920 bits per heavy atom. The number of aliphatic hydroxyl groups excluding tert-OH is 1. The topological polar surface area (TPSA) is 46.5 Å². The Balaban J connectivity index is 2.31. The lowest BCUT2D eigenvalue weighted by molar-refractivity contribution is -0.120. The lowest BCUT2D eigenvalue weighted by Crippen LogP contribution is -2.51. The molecule has 2 aliphatic rings. The molecular weight excluding hydrogens is 328 g/mol. The molecule has 0 saturated heterocycles. The van der Waals surface area contributed by atoms with Crippen molar-refractivity contribution < 1.29 is 14.3 Å². The van der Waals surface area contributed by atoms with E-state index < -0.39 is 8.32 Å². The standard InChI is InChI=1S/C21H40O3Si/c1-13(2)25(14(3)4,15(5)6)24-21-11-8-17(23)12-20-18(16(7)22)9-10-19(20)21/h13-16,18-22H,8-12H2,1-7H3/t16?,18-,19+,20+,21-/m1/s1. The predicted molar refractivity (Wildman–Crippen MR) is 106 cm³/mol. The molecule has 0 amide bonds. The second-order valence-corrected chi connectivity index (χ2v) is 15.0. The second-order valence-electron chi connectivity index (χ2n) is 9.56. The molecule has 2 fully saturated rings. The van der Waals surface area contributed by atoms with Gasteiger partial charge in [-0.3, -0.25) is 4.79 Å². The number of aliphatic hydroxyl groups is 1. The average Bonchev–Trinajstić information content (AvgIpc) is 2.83. The van der Waals surface area contributed by atoms with Crippen LogP contribution in [0.5, 0.6) is 0 Å². The van der Waals surface area contributed by atoms with E-state index in [4.69, 9.17) is 4.43 Å². The molecule has 5 atom stereocenters. The van der Waals surface area contributed by atoms with Crippen molar-refractivity contribution in [3.63, 3.8) is 0 Å².